The van der Waals surface area contributed by atoms with E-state index in [2.05, 4.69) is 25.8 Å². The first-order chi connectivity index (χ1) is 13.1. The summed E-state index contributed by atoms with van der Waals surface area (Å²) in [5, 5.41) is 20.3. The van der Waals surface area contributed by atoms with Crippen molar-refractivity contribution in [1.29, 1.82) is 0 Å². The fourth-order valence-corrected chi connectivity index (χ4v) is 6.50. The molecule has 3 heterocycles. The molecular formula is C18H22N8O. The van der Waals surface area contributed by atoms with Crippen LogP contribution >= 0.6 is 0 Å². The minimum Gasteiger partial charge on any atom is -0.346 e. The lowest BCUT2D eigenvalue weighted by molar-refractivity contribution is -0.0810. The van der Waals surface area contributed by atoms with Crippen molar-refractivity contribution in [2.45, 2.75) is 49.6 Å². The third-order valence-electron chi connectivity index (χ3n) is 6.96. The minimum absolute atomic E-state index is 0.0320. The topological polar surface area (TPSA) is 94.9 Å². The van der Waals surface area contributed by atoms with Crippen molar-refractivity contribution in [2.24, 2.45) is 18.9 Å². The van der Waals surface area contributed by atoms with E-state index in [1.165, 1.54) is 12.7 Å². The molecule has 4 bridgehead atoms. The summed E-state index contributed by atoms with van der Waals surface area (Å²) in [5.41, 5.74) is 1.16. The number of amides is 1. The van der Waals surface area contributed by atoms with Gasteiger partial charge in [0.25, 0.3) is 5.91 Å². The molecule has 3 aromatic rings. The average Bonchev–Trinajstić information content (AvgIpc) is 3.32. The van der Waals surface area contributed by atoms with E-state index in [1.54, 1.807) is 10.7 Å². The van der Waals surface area contributed by atoms with E-state index in [0.717, 1.165) is 37.8 Å². The molecule has 4 aliphatic rings. The van der Waals surface area contributed by atoms with Crippen molar-refractivity contribution in [3.8, 4) is 0 Å². The predicted molar refractivity (Wildman–Crippen MR) is 94.8 cm³/mol. The molecule has 9 heteroatoms. The number of hydrogen-bond acceptors (Lipinski definition) is 5. The Kier molecular flexibility index (Phi) is 2.82. The number of carbonyl (C=O) groups excluding carboxylic acids is 1. The standard InChI is InChI=1S/C18H22N8O/c1-24-2-3-25-16(24)14(9-20-25)15(27)22-17-5-12-4-13(6-17)8-18(7-12,10-17)26-21-11-19-23-26/h2-3,9,11-13H,4-8,10H2,1H3,(H,22,27). The fraction of sp³-hybridized carbons (Fsp3) is 0.611. The summed E-state index contributed by atoms with van der Waals surface area (Å²) in [4.78, 5) is 15.0. The van der Waals surface area contributed by atoms with Gasteiger partial charge in [-0.3, -0.25) is 4.79 Å². The molecule has 4 saturated carbocycles. The van der Waals surface area contributed by atoms with E-state index in [0.29, 0.717) is 17.4 Å². The second kappa shape index (κ2) is 4.96. The number of nitrogens with one attached hydrogen (secondary N) is 1. The van der Waals surface area contributed by atoms with E-state index in [1.807, 2.05) is 28.8 Å². The second-order valence-corrected chi connectivity index (χ2v) is 8.88. The molecule has 0 saturated heterocycles. The molecule has 1 N–H and O–H groups in total. The number of nitrogens with zero attached hydrogens (tertiary/aromatic N) is 7. The van der Waals surface area contributed by atoms with Crippen LogP contribution in [-0.2, 0) is 12.6 Å². The van der Waals surface area contributed by atoms with Gasteiger partial charge in [-0.1, -0.05) is 0 Å². The molecule has 4 aliphatic carbocycles. The lowest BCUT2D eigenvalue weighted by Crippen LogP contribution is -2.66. The van der Waals surface area contributed by atoms with Gasteiger partial charge in [-0.15, -0.1) is 10.2 Å². The van der Waals surface area contributed by atoms with Crippen LogP contribution in [0.15, 0.2) is 24.9 Å². The maximum atomic E-state index is 13.2. The van der Waals surface area contributed by atoms with Crippen LogP contribution < -0.4 is 5.32 Å². The highest BCUT2D eigenvalue weighted by Crippen LogP contribution is 2.60. The largest absolute Gasteiger partial charge is 0.346 e. The highest BCUT2D eigenvalue weighted by molar-refractivity contribution is 6.00. The Labute approximate surface area is 155 Å². The third kappa shape index (κ3) is 2.08. The Balaban J connectivity index is 1.36. The zero-order valence-corrected chi connectivity index (χ0v) is 15.2. The van der Waals surface area contributed by atoms with Gasteiger partial charge in [-0.25, -0.2) is 4.52 Å². The molecule has 0 aliphatic heterocycles. The Morgan fingerprint density at radius 2 is 2.00 bits per heavy atom. The highest BCUT2D eigenvalue weighted by Gasteiger charge is 2.60. The summed E-state index contributed by atoms with van der Waals surface area (Å²) in [7, 11) is 1.93. The van der Waals surface area contributed by atoms with Crippen molar-refractivity contribution in [3.63, 3.8) is 0 Å². The average molecular weight is 366 g/mol. The fourth-order valence-electron chi connectivity index (χ4n) is 6.50. The van der Waals surface area contributed by atoms with Crippen LogP contribution in [0.2, 0.25) is 0 Å². The van der Waals surface area contributed by atoms with Crippen molar-refractivity contribution in [2.75, 3.05) is 0 Å². The summed E-state index contributed by atoms with van der Waals surface area (Å²) in [5.74, 6) is 1.19. The number of rotatable bonds is 3. The number of fused-ring (bicyclic) bond motifs is 1. The van der Waals surface area contributed by atoms with Crippen LogP contribution in [0, 0.1) is 11.8 Å². The lowest BCUT2D eigenvalue weighted by Gasteiger charge is -2.61. The van der Waals surface area contributed by atoms with Crippen molar-refractivity contribution < 1.29 is 4.79 Å². The molecule has 2 unspecified atom stereocenters. The number of imidazole rings is 1. The van der Waals surface area contributed by atoms with Crippen LogP contribution in [0.1, 0.15) is 48.9 Å². The first-order valence-electron chi connectivity index (χ1n) is 9.61. The summed E-state index contributed by atoms with van der Waals surface area (Å²) in [6, 6.07) is 0. The van der Waals surface area contributed by atoms with Crippen LogP contribution in [0.3, 0.4) is 0 Å². The quantitative estimate of drug-likeness (QED) is 0.750. The summed E-state index contributed by atoms with van der Waals surface area (Å²) in [6.45, 7) is 0. The molecular weight excluding hydrogens is 344 g/mol. The van der Waals surface area contributed by atoms with Gasteiger partial charge in [0.05, 0.1) is 11.7 Å². The number of hydrogen-bond donors (Lipinski definition) is 1. The number of carbonyl (C=O) groups is 1. The first-order valence-corrected chi connectivity index (χ1v) is 9.61. The molecule has 140 valence electrons. The van der Waals surface area contributed by atoms with Crippen molar-refractivity contribution in [3.05, 3.63) is 30.5 Å². The van der Waals surface area contributed by atoms with Gasteiger partial charge in [0.15, 0.2) is 6.33 Å². The van der Waals surface area contributed by atoms with Crippen molar-refractivity contribution in [1.82, 2.24) is 39.7 Å². The Bertz CT molecular complexity index is 1020. The highest BCUT2D eigenvalue weighted by atomic mass is 16.1. The van der Waals surface area contributed by atoms with Gasteiger partial charge in [0.1, 0.15) is 11.2 Å². The zero-order valence-electron chi connectivity index (χ0n) is 15.2. The summed E-state index contributed by atoms with van der Waals surface area (Å²) >= 11 is 0. The van der Waals surface area contributed by atoms with Gasteiger partial charge in [-0.05, 0) is 55.6 Å². The Hall–Kier alpha value is -2.71. The van der Waals surface area contributed by atoms with Crippen molar-refractivity contribution >= 4 is 11.6 Å². The maximum Gasteiger partial charge on any atom is 0.257 e. The SMILES string of the molecule is Cn1ccn2ncc(C(=O)NC34CC5CC(C3)CC(n3ncnn3)(C5)C4)c12. The van der Waals surface area contributed by atoms with E-state index >= 15 is 0 Å². The van der Waals surface area contributed by atoms with E-state index in [9.17, 15) is 4.79 Å². The monoisotopic (exact) mass is 366 g/mol. The zero-order chi connectivity index (χ0) is 18.2. The van der Waals surface area contributed by atoms with E-state index < -0.39 is 0 Å². The van der Waals surface area contributed by atoms with Gasteiger partial charge in [0, 0.05) is 25.0 Å². The summed E-state index contributed by atoms with van der Waals surface area (Å²) in [6.07, 6.45) is 13.4. The smallest absolute Gasteiger partial charge is 0.257 e. The summed E-state index contributed by atoms with van der Waals surface area (Å²) < 4.78 is 3.68. The van der Waals surface area contributed by atoms with Gasteiger partial charge < -0.3 is 9.88 Å². The van der Waals surface area contributed by atoms with E-state index in [4.69, 9.17) is 0 Å². The van der Waals surface area contributed by atoms with E-state index in [-0.39, 0.29) is 17.0 Å². The number of aryl methyl sites for hydroxylation is 1. The number of aromatic nitrogens is 7. The molecule has 27 heavy (non-hydrogen) atoms. The normalized spacial score (nSPS) is 34.4. The van der Waals surface area contributed by atoms with Gasteiger partial charge in [0.2, 0.25) is 0 Å². The van der Waals surface area contributed by atoms with Gasteiger partial charge in [-0.2, -0.15) is 9.90 Å². The molecule has 3 aromatic heterocycles. The Morgan fingerprint density at radius 1 is 1.19 bits per heavy atom. The van der Waals surface area contributed by atoms with Gasteiger partial charge >= 0.3 is 0 Å². The first kappa shape index (κ1) is 15.4. The van der Waals surface area contributed by atoms with Crippen LogP contribution in [0.4, 0.5) is 0 Å². The van der Waals surface area contributed by atoms with Crippen LogP contribution in [-0.4, -0.2) is 45.8 Å². The molecule has 1 amide bonds. The third-order valence-corrected chi connectivity index (χ3v) is 6.96. The number of tetrazole rings is 1. The molecule has 0 aromatic carbocycles. The van der Waals surface area contributed by atoms with Crippen LogP contribution in [0.5, 0.6) is 0 Å². The predicted octanol–water partition coefficient (Wildman–Crippen LogP) is 1.14. The maximum absolute atomic E-state index is 13.2. The second-order valence-electron chi connectivity index (χ2n) is 8.88. The molecule has 4 fully saturated rings. The lowest BCUT2D eigenvalue weighted by atomic mass is 9.50. The minimum atomic E-state index is -0.186. The van der Waals surface area contributed by atoms with Crippen LogP contribution in [0.25, 0.3) is 5.65 Å². The molecule has 2 atom stereocenters. The Morgan fingerprint density at radius 3 is 2.74 bits per heavy atom. The molecule has 9 nitrogen and oxygen atoms in total. The molecule has 7 rings (SSSR count). The molecule has 0 radical (unpaired) electrons. The molecule has 0 spiro atoms.